The van der Waals surface area contributed by atoms with Crippen LogP contribution in [0, 0.1) is 6.92 Å². The van der Waals surface area contributed by atoms with Crippen molar-refractivity contribution in [1.29, 1.82) is 0 Å². The fraction of sp³-hybridized carbons (Fsp3) is 0.208. The highest BCUT2D eigenvalue weighted by Crippen LogP contribution is 2.42. The van der Waals surface area contributed by atoms with Crippen LogP contribution < -0.4 is 0 Å². The third kappa shape index (κ3) is 3.64. The van der Waals surface area contributed by atoms with E-state index in [9.17, 15) is 23.1 Å². The van der Waals surface area contributed by atoms with Crippen molar-refractivity contribution in [3.63, 3.8) is 0 Å². The van der Waals surface area contributed by atoms with Crippen molar-refractivity contribution in [2.24, 2.45) is 5.10 Å². The van der Waals surface area contributed by atoms with Gasteiger partial charge in [-0.1, -0.05) is 18.2 Å². The van der Waals surface area contributed by atoms with E-state index in [0.717, 1.165) is 0 Å². The van der Waals surface area contributed by atoms with E-state index in [4.69, 9.17) is 0 Å². The van der Waals surface area contributed by atoms with Gasteiger partial charge in [-0.15, -0.1) is 0 Å². The fourth-order valence-electron chi connectivity index (χ4n) is 4.14. The second-order valence-corrected chi connectivity index (χ2v) is 8.27. The summed E-state index contributed by atoms with van der Waals surface area (Å²) >= 11 is 0. The minimum atomic E-state index is -5.12. The Morgan fingerprint density at radius 3 is 2.51 bits per heavy atom. The first-order valence-corrected chi connectivity index (χ1v) is 10.6. The standard InChI is InChI=1S/C24H19F3N6O2/c1-14-12-23(35,24(25,26)27)33(30-14)22(34)18-11-19(16-7-6-10-28-13-16)29-21-20(18)15(2)31-32(21)17-8-4-3-5-9-17/h3-11,13,35H,12H2,1-2H3/t23-/m1/s1. The number of rotatable bonds is 3. The van der Waals surface area contributed by atoms with E-state index in [0.29, 0.717) is 22.6 Å². The van der Waals surface area contributed by atoms with E-state index in [1.54, 1.807) is 49.5 Å². The van der Waals surface area contributed by atoms with Crippen LogP contribution in [0.3, 0.4) is 0 Å². The summed E-state index contributed by atoms with van der Waals surface area (Å²) in [5.74, 6) is -1.12. The lowest BCUT2D eigenvalue weighted by atomic mass is 10.0. The Morgan fingerprint density at radius 1 is 1.11 bits per heavy atom. The molecule has 0 saturated carbocycles. The number of hydrogen-bond acceptors (Lipinski definition) is 6. The van der Waals surface area contributed by atoms with Crippen LogP contribution in [0.15, 0.2) is 66.0 Å². The molecule has 1 amide bonds. The number of benzene rings is 1. The molecule has 1 aromatic carbocycles. The van der Waals surface area contributed by atoms with Crippen LogP contribution in [0.25, 0.3) is 28.0 Å². The first-order chi connectivity index (χ1) is 16.6. The monoisotopic (exact) mass is 480 g/mol. The zero-order valence-electron chi connectivity index (χ0n) is 18.7. The first-order valence-electron chi connectivity index (χ1n) is 10.6. The molecule has 0 bridgehead atoms. The van der Waals surface area contributed by atoms with Crippen molar-refractivity contribution < 1.29 is 23.1 Å². The molecule has 35 heavy (non-hydrogen) atoms. The van der Waals surface area contributed by atoms with Crippen molar-refractivity contribution >= 4 is 22.7 Å². The highest BCUT2D eigenvalue weighted by Gasteiger charge is 2.63. The van der Waals surface area contributed by atoms with Crippen LogP contribution in [0.2, 0.25) is 0 Å². The minimum Gasteiger partial charge on any atom is -0.362 e. The quantitative estimate of drug-likeness (QED) is 0.473. The normalized spacial score (nSPS) is 18.2. The average molecular weight is 480 g/mol. The molecule has 1 N–H and O–H groups in total. The zero-order chi connectivity index (χ0) is 25.0. The molecule has 8 nitrogen and oxygen atoms in total. The largest absolute Gasteiger partial charge is 0.438 e. The summed E-state index contributed by atoms with van der Waals surface area (Å²) in [5.41, 5.74) is -1.43. The van der Waals surface area contributed by atoms with Crippen LogP contribution in [0.5, 0.6) is 0 Å². The minimum absolute atomic E-state index is 0.0207. The van der Waals surface area contributed by atoms with E-state index >= 15 is 0 Å². The van der Waals surface area contributed by atoms with Crippen molar-refractivity contribution in [1.82, 2.24) is 24.8 Å². The zero-order valence-corrected chi connectivity index (χ0v) is 18.7. The number of aromatic nitrogens is 4. The van der Waals surface area contributed by atoms with Gasteiger partial charge in [0.05, 0.1) is 28.0 Å². The molecule has 0 fully saturated rings. The number of carbonyl (C=O) groups excluding carboxylic acids is 1. The third-order valence-corrected chi connectivity index (χ3v) is 5.77. The smallest absolute Gasteiger partial charge is 0.362 e. The molecule has 0 spiro atoms. The van der Waals surface area contributed by atoms with Crippen LogP contribution >= 0.6 is 0 Å². The van der Waals surface area contributed by atoms with Crippen molar-refractivity contribution in [3.8, 4) is 16.9 Å². The van der Waals surface area contributed by atoms with Gasteiger partial charge < -0.3 is 5.11 Å². The summed E-state index contributed by atoms with van der Waals surface area (Å²) in [6.07, 6.45) is -2.86. The van der Waals surface area contributed by atoms with Gasteiger partial charge in [-0.2, -0.15) is 28.4 Å². The van der Waals surface area contributed by atoms with Gasteiger partial charge in [-0.25, -0.2) is 9.67 Å². The number of carbonyl (C=O) groups is 1. The maximum absolute atomic E-state index is 13.9. The molecule has 5 rings (SSSR count). The lowest BCUT2D eigenvalue weighted by Crippen LogP contribution is -2.56. The highest BCUT2D eigenvalue weighted by molar-refractivity contribution is 6.09. The number of aryl methyl sites for hydroxylation is 1. The predicted octanol–water partition coefficient (Wildman–Crippen LogP) is 4.26. The van der Waals surface area contributed by atoms with Crippen LogP contribution in [0.4, 0.5) is 13.2 Å². The molecule has 1 aliphatic heterocycles. The van der Waals surface area contributed by atoms with E-state index in [-0.39, 0.29) is 27.3 Å². The molecule has 4 heterocycles. The summed E-state index contributed by atoms with van der Waals surface area (Å²) in [6, 6.07) is 13.8. The number of hydrazone groups is 1. The molecule has 0 unspecified atom stereocenters. The van der Waals surface area contributed by atoms with Gasteiger partial charge in [0.15, 0.2) is 5.65 Å². The number of para-hydroxylation sites is 1. The topological polar surface area (TPSA) is 96.5 Å². The molecule has 1 aliphatic rings. The molecule has 3 aromatic heterocycles. The Hall–Kier alpha value is -4.12. The Kier molecular flexibility index (Phi) is 5.17. The van der Waals surface area contributed by atoms with Gasteiger partial charge in [-0.3, -0.25) is 9.78 Å². The second kappa shape index (κ2) is 7.98. The lowest BCUT2D eigenvalue weighted by molar-refractivity contribution is -0.297. The molecule has 1 atom stereocenters. The number of alkyl halides is 3. The number of nitrogens with zero attached hydrogens (tertiary/aromatic N) is 6. The molecule has 0 saturated heterocycles. The SMILES string of the molecule is CC1=NN(C(=O)c2cc(-c3cccnc3)nc3c2c(C)nn3-c2ccccc2)[C@](O)(C(F)(F)F)C1. The number of hydrogen-bond donors (Lipinski definition) is 1. The third-order valence-electron chi connectivity index (χ3n) is 5.77. The molecular formula is C24H19F3N6O2. The predicted molar refractivity (Wildman–Crippen MR) is 122 cm³/mol. The average Bonchev–Trinajstić information content (AvgIpc) is 3.35. The summed E-state index contributed by atoms with van der Waals surface area (Å²) in [7, 11) is 0. The van der Waals surface area contributed by atoms with E-state index in [2.05, 4.69) is 20.2 Å². The van der Waals surface area contributed by atoms with Crippen LogP contribution in [-0.2, 0) is 0 Å². The molecule has 0 aliphatic carbocycles. The van der Waals surface area contributed by atoms with Crippen LogP contribution in [0.1, 0.15) is 29.4 Å². The van der Waals surface area contributed by atoms with Crippen molar-refractivity contribution in [3.05, 3.63) is 72.2 Å². The van der Waals surface area contributed by atoms with E-state index in [1.807, 2.05) is 6.07 Å². The fourth-order valence-corrected chi connectivity index (χ4v) is 4.14. The maximum atomic E-state index is 13.9. The maximum Gasteiger partial charge on any atom is 0.438 e. The Balaban J connectivity index is 1.78. The molecule has 11 heteroatoms. The van der Waals surface area contributed by atoms with Gasteiger partial charge in [0.2, 0.25) is 0 Å². The number of halogens is 3. The lowest BCUT2D eigenvalue weighted by Gasteiger charge is -2.32. The van der Waals surface area contributed by atoms with Crippen molar-refractivity contribution in [2.75, 3.05) is 0 Å². The van der Waals surface area contributed by atoms with Gasteiger partial charge in [-0.05, 0) is 44.2 Å². The van der Waals surface area contributed by atoms with Gasteiger partial charge in [0, 0.05) is 30.1 Å². The van der Waals surface area contributed by atoms with E-state index < -0.39 is 24.2 Å². The summed E-state index contributed by atoms with van der Waals surface area (Å²) in [5, 5.41) is 19.2. The summed E-state index contributed by atoms with van der Waals surface area (Å²) in [4.78, 5) is 22.4. The van der Waals surface area contributed by atoms with E-state index in [1.165, 1.54) is 23.9 Å². The van der Waals surface area contributed by atoms with Crippen molar-refractivity contribution in [2.45, 2.75) is 32.2 Å². The number of fused-ring (bicyclic) bond motifs is 1. The molecular weight excluding hydrogens is 461 g/mol. The first kappa shape index (κ1) is 22.7. The van der Waals surface area contributed by atoms with Gasteiger partial charge in [0.1, 0.15) is 0 Å². The molecule has 0 radical (unpaired) electrons. The number of pyridine rings is 2. The van der Waals surface area contributed by atoms with Gasteiger partial charge in [0.25, 0.3) is 11.6 Å². The van der Waals surface area contributed by atoms with Gasteiger partial charge >= 0.3 is 6.18 Å². The Morgan fingerprint density at radius 2 is 1.86 bits per heavy atom. The number of aliphatic hydroxyl groups is 1. The molecule has 178 valence electrons. The Labute approximate surface area is 197 Å². The second-order valence-electron chi connectivity index (χ2n) is 8.27. The summed E-state index contributed by atoms with van der Waals surface area (Å²) < 4.78 is 43.1. The number of amides is 1. The molecule has 4 aromatic rings. The Bertz CT molecular complexity index is 1470. The highest BCUT2D eigenvalue weighted by atomic mass is 19.4. The summed E-state index contributed by atoms with van der Waals surface area (Å²) in [6.45, 7) is 2.96. The van der Waals surface area contributed by atoms with Crippen LogP contribution in [-0.4, -0.2) is 53.4 Å².